The van der Waals surface area contributed by atoms with E-state index < -0.39 is 24.7 Å². The number of rotatable bonds is 8. The van der Waals surface area contributed by atoms with Crippen molar-refractivity contribution < 1.29 is 31.5 Å². The van der Waals surface area contributed by atoms with Crippen molar-refractivity contribution in [1.29, 1.82) is 0 Å². The second kappa shape index (κ2) is 11.5. The number of fused-ring (bicyclic) bond motifs is 1. The van der Waals surface area contributed by atoms with Crippen molar-refractivity contribution >= 4 is 39.0 Å². The van der Waals surface area contributed by atoms with Crippen LogP contribution < -0.4 is 10.6 Å². The number of anilines is 2. The summed E-state index contributed by atoms with van der Waals surface area (Å²) < 4.78 is 75.1. The zero-order chi connectivity index (χ0) is 27.6. The molecule has 2 N–H and O–H groups in total. The van der Waals surface area contributed by atoms with Crippen LogP contribution in [0, 0.1) is 12.8 Å². The Morgan fingerprint density at radius 2 is 1.84 bits per heavy atom. The second-order valence-corrected chi connectivity index (χ2v) is 10.3. The summed E-state index contributed by atoms with van der Waals surface area (Å²) in [4.78, 5) is 22.4. The SMILES string of the molecule is CNC(=O)C1CCN([C@@H](c2ccc(Nc3cnc4sc(C)nc4c3[C@@H](OC)C(F)F)cc2)C(F)(F)F)CC1. The van der Waals surface area contributed by atoms with E-state index in [-0.39, 0.29) is 41.7 Å². The van der Waals surface area contributed by atoms with Crippen LogP contribution in [0.1, 0.15) is 41.1 Å². The molecule has 2 atom stereocenters. The van der Waals surface area contributed by atoms with Gasteiger partial charge in [-0.3, -0.25) is 9.69 Å². The number of carbonyl (C=O) groups is 1. The van der Waals surface area contributed by atoms with Crippen LogP contribution >= 0.6 is 11.3 Å². The topological polar surface area (TPSA) is 79.4 Å². The molecule has 1 aromatic carbocycles. The lowest BCUT2D eigenvalue weighted by Gasteiger charge is -2.38. The third-order valence-electron chi connectivity index (χ3n) is 6.67. The lowest BCUT2D eigenvalue weighted by atomic mass is 9.93. The molecular weight excluding hydrogens is 529 g/mol. The molecule has 0 aliphatic carbocycles. The van der Waals surface area contributed by atoms with Gasteiger partial charge in [0.2, 0.25) is 5.91 Å². The number of nitrogens with one attached hydrogen (secondary N) is 2. The Balaban J connectivity index is 1.60. The molecule has 1 fully saturated rings. The van der Waals surface area contributed by atoms with E-state index in [1.807, 2.05) is 0 Å². The van der Waals surface area contributed by atoms with Gasteiger partial charge in [0.15, 0.2) is 0 Å². The van der Waals surface area contributed by atoms with Gasteiger partial charge in [0.1, 0.15) is 22.5 Å². The third-order valence-corrected chi connectivity index (χ3v) is 7.55. The monoisotopic (exact) mass is 557 g/mol. The first-order chi connectivity index (χ1) is 18.0. The molecule has 38 heavy (non-hydrogen) atoms. The van der Waals surface area contributed by atoms with Gasteiger partial charge in [-0.1, -0.05) is 23.5 Å². The Hall–Kier alpha value is -2.90. The Bertz CT molecular complexity index is 1260. The number of aromatic nitrogens is 2. The van der Waals surface area contributed by atoms with Crippen LogP contribution in [0.25, 0.3) is 10.3 Å². The van der Waals surface area contributed by atoms with E-state index in [4.69, 9.17) is 4.74 Å². The summed E-state index contributed by atoms with van der Waals surface area (Å²) in [5, 5.41) is 6.21. The molecule has 0 spiro atoms. The highest BCUT2D eigenvalue weighted by Gasteiger charge is 2.45. The number of alkyl halides is 5. The van der Waals surface area contributed by atoms with Gasteiger partial charge >= 0.3 is 6.18 Å². The summed E-state index contributed by atoms with van der Waals surface area (Å²) in [6.45, 7) is 2.01. The Morgan fingerprint density at radius 1 is 1.18 bits per heavy atom. The lowest BCUT2D eigenvalue weighted by molar-refractivity contribution is -0.190. The first-order valence-corrected chi connectivity index (χ1v) is 12.8. The summed E-state index contributed by atoms with van der Waals surface area (Å²) in [6.07, 6.45) is -6.86. The molecule has 4 rings (SSSR count). The van der Waals surface area contributed by atoms with E-state index in [0.29, 0.717) is 33.9 Å². The highest BCUT2D eigenvalue weighted by Crippen LogP contribution is 2.41. The number of hydrogen-bond donors (Lipinski definition) is 2. The van der Waals surface area contributed by atoms with Gasteiger partial charge in [-0.15, -0.1) is 0 Å². The van der Waals surface area contributed by atoms with Crippen molar-refractivity contribution in [3.05, 3.63) is 46.6 Å². The standard InChI is InChI=1S/C25H28F5N5O2S/c1-13-33-19-18(20(37-3)22(26)27)17(12-32-24(19)38-13)34-16-6-4-14(5-7-16)21(25(28,29)30)35-10-8-15(9-11-35)23(36)31-2/h4-7,12,15,20-22,34H,8-11H2,1-3H3,(H,31,36)/t20-,21+/m1/s1. The average Bonchev–Trinajstić information content (AvgIpc) is 3.26. The van der Waals surface area contributed by atoms with Crippen LogP contribution in [-0.2, 0) is 9.53 Å². The van der Waals surface area contributed by atoms with Crippen LogP contribution in [0.4, 0.5) is 33.3 Å². The minimum atomic E-state index is -4.53. The zero-order valence-corrected chi connectivity index (χ0v) is 21.8. The number of nitrogens with zero attached hydrogens (tertiary/aromatic N) is 3. The van der Waals surface area contributed by atoms with Gasteiger partial charge in [-0.2, -0.15) is 13.2 Å². The molecule has 0 bridgehead atoms. The number of piperidine rings is 1. The molecule has 3 aromatic rings. The summed E-state index contributed by atoms with van der Waals surface area (Å²) in [6, 6.07) is 3.84. The number of benzene rings is 1. The van der Waals surface area contributed by atoms with Gasteiger partial charge in [0.25, 0.3) is 6.43 Å². The van der Waals surface area contributed by atoms with E-state index in [1.54, 1.807) is 6.92 Å². The summed E-state index contributed by atoms with van der Waals surface area (Å²) in [7, 11) is 2.69. The maximum atomic E-state index is 14.1. The number of pyridine rings is 1. The van der Waals surface area contributed by atoms with E-state index in [9.17, 15) is 26.7 Å². The van der Waals surface area contributed by atoms with Gasteiger partial charge in [-0.05, 0) is 50.6 Å². The molecule has 2 aromatic heterocycles. The molecule has 0 unspecified atom stereocenters. The Labute approximate surface area is 220 Å². The van der Waals surface area contributed by atoms with Crippen LogP contribution in [0.15, 0.2) is 30.5 Å². The maximum absolute atomic E-state index is 14.1. The number of hydrogen-bond acceptors (Lipinski definition) is 7. The smallest absolute Gasteiger partial charge is 0.371 e. The van der Waals surface area contributed by atoms with E-state index in [1.165, 1.54) is 60.9 Å². The third kappa shape index (κ3) is 5.89. The number of thiazole rings is 1. The number of methoxy groups -OCH3 is 1. The summed E-state index contributed by atoms with van der Waals surface area (Å²) in [5.74, 6) is -0.464. The predicted molar refractivity (Wildman–Crippen MR) is 135 cm³/mol. The predicted octanol–water partition coefficient (Wildman–Crippen LogP) is 5.76. The maximum Gasteiger partial charge on any atom is 0.408 e. The number of carbonyl (C=O) groups excluding carboxylic acids is 1. The van der Waals surface area contributed by atoms with Gasteiger partial charge in [-0.25, -0.2) is 18.7 Å². The summed E-state index contributed by atoms with van der Waals surface area (Å²) >= 11 is 1.26. The number of amides is 1. The van der Waals surface area contributed by atoms with Crippen molar-refractivity contribution in [1.82, 2.24) is 20.2 Å². The lowest BCUT2D eigenvalue weighted by Crippen LogP contribution is -2.45. The van der Waals surface area contributed by atoms with Crippen molar-refractivity contribution in [3.8, 4) is 0 Å². The van der Waals surface area contributed by atoms with E-state index >= 15 is 0 Å². The molecule has 13 heteroatoms. The molecular formula is C25H28F5N5O2S. The highest BCUT2D eigenvalue weighted by molar-refractivity contribution is 7.18. The van der Waals surface area contributed by atoms with Crippen LogP contribution in [-0.4, -0.2) is 60.6 Å². The number of halogens is 5. The van der Waals surface area contributed by atoms with Crippen LogP contribution in [0.5, 0.6) is 0 Å². The van der Waals surface area contributed by atoms with Crippen molar-refractivity contribution in [2.45, 2.75) is 44.5 Å². The van der Waals surface area contributed by atoms with Crippen molar-refractivity contribution in [2.75, 3.05) is 32.6 Å². The Kier molecular flexibility index (Phi) is 8.48. The second-order valence-electron chi connectivity index (χ2n) is 9.08. The Morgan fingerprint density at radius 3 is 2.39 bits per heavy atom. The zero-order valence-electron chi connectivity index (χ0n) is 21.0. The average molecular weight is 558 g/mol. The largest absolute Gasteiger partial charge is 0.408 e. The first kappa shape index (κ1) is 28.1. The molecule has 1 saturated heterocycles. The molecule has 1 amide bonds. The fourth-order valence-electron chi connectivity index (χ4n) is 4.87. The molecule has 0 radical (unpaired) electrons. The minimum Gasteiger partial charge on any atom is -0.371 e. The molecule has 0 saturated carbocycles. The normalized spacial score (nSPS) is 17.1. The number of likely N-dealkylation sites (tertiary alicyclic amines) is 1. The molecule has 1 aliphatic heterocycles. The molecule has 206 valence electrons. The van der Waals surface area contributed by atoms with E-state index in [0.717, 1.165) is 0 Å². The molecule has 7 nitrogen and oxygen atoms in total. The quantitative estimate of drug-likeness (QED) is 0.343. The number of ether oxygens (including phenoxy) is 1. The fraction of sp³-hybridized carbons (Fsp3) is 0.480. The van der Waals surface area contributed by atoms with Crippen LogP contribution in [0.2, 0.25) is 0 Å². The van der Waals surface area contributed by atoms with Crippen LogP contribution in [0.3, 0.4) is 0 Å². The molecule has 1 aliphatic rings. The first-order valence-electron chi connectivity index (χ1n) is 12.0. The van der Waals surface area contributed by atoms with Gasteiger partial charge in [0.05, 0.1) is 16.9 Å². The fourth-order valence-corrected chi connectivity index (χ4v) is 5.64. The number of aryl methyl sites for hydroxylation is 1. The van der Waals surface area contributed by atoms with Crippen molar-refractivity contribution in [3.63, 3.8) is 0 Å². The highest BCUT2D eigenvalue weighted by atomic mass is 32.1. The van der Waals surface area contributed by atoms with Crippen molar-refractivity contribution in [2.24, 2.45) is 5.92 Å². The van der Waals surface area contributed by atoms with E-state index in [2.05, 4.69) is 20.6 Å². The summed E-state index contributed by atoms with van der Waals surface area (Å²) in [5.41, 5.74) is 1.09. The van der Waals surface area contributed by atoms with Gasteiger partial charge in [0, 0.05) is 31.3 Å². The molecule has 3 heterocycles. The minimum absolute atomic E-state index is 0.0488. The van der Waals surface area contributed by atoms with Gasteiger partial charge < -0.3 is 15.4 Å².